The van der Waals surface area contributed by atoms with Gasteiger partial charge in [0.2, 0.25) is 17.8 Å². The summed E-state index contributed by atoms with van der Waals surface area (Å²) in [5, 5.41) is 8.92. The van der Waals surface area contributed by atoms with Crippen molar-refractivity contribution in [2.24, 2.45) is 0 Å². The van der Waals surface area contributed by atoms with E-state index < -0.39 is 0 Å². The second-order valence-corrected chi connectivity index (χ2v) is 7.59. The fourth-order valence-electron chi connectivity index (χ4n) is 3.52. The highest BCUT2D eigenvalue weighted by Crippen LogP contribution is 2.20. The summed E-state index contributed by atoms with van der Waals surface area (Å²) >= 11 is 0. The van der Waals surface area contributed by atoms with E-state index in [1.165, 1.54) is 18.8 Å². The van der Waals surface area contributed by atoms with Crippen molar-refractivity contribution < 1.29 is 9.59 Å². The van der Waals surface area contributed by atoms with Gasteiger partial charge >= 0.3 is 0 Å². The van der Waals surface area contributed by atoms with Gasteiger partial charge in [-0.2, -0.15) is 4.98 Å². The fraction of sp³-hybridized carbons (Fsp3) is 0.208. The maximum Gasteiger partial charge on any atom is 0.253 e. The molecule has 4 rings (SSSR count). The minimum atomic E-state index is -0.289. The molecule has 1 aromatic heterocycles. The minimum Gasteiger partial charge on any atom is -0.339 e. The number of hydrogen-bond acceptors (Lipinski definition) is 7. The molecule has 0 atom stereocenters. The quantitative estimate of drug-likeness (QED) is 0.471. The molecule has 1 aliphatic rings. The third-order valence-corrected chi connectivity index (χ3v) is 5.17. The van der Waals surface area contributed by atoms with E-state index >= 15 is 0 Å². The number of carbonyl (C=O) groups excluding carboxylic acids is 2. The van der Waals surface area contributed by atoms with Crippen LogP contribution in [0.3, 0.4) is 0 Å². The zero-order valence-electron chi connectivity index (χ0n) is 18.1. The van der Waals surface area contributed by atoms with Crippen LogP contribution < -0.4 is 16.0 Å². The Bertz CT molecular complexity index is 1140. The predicted molar refractivity (Wildman–Crippen MR) is 128 cm³/mol. The Labute approximate surface area is 192 Å². The van der Waals surface area contributed by atoms with E-state index in [4.69, 9.17) is 0 Å². The van der Waals surface area contributed by atoms with Gasteiger partial charge in [0, 0.05) is 35.7 Å². The third kappa shape index (κ3) is 5.91. The van der Waals surface area contributed by atoms with E-state index in [0.717, 1.165) is 31.6 Å². The topological polar surface area (TPSA) is 112 Å². The molecule has 9 nitrogen and oxygen atoms in total. The Hall–Kier alpha value is -4.27. The van der Waals surface area contributed by atoms with Gasteiger partial charge in [0.1, 0.15) is 6.33 Å². The summed E-state index contributed by atoms with van der Waals surface area (Å²) in [7, 11) is 0. The SMILES string of the molecule is C=CC(=O)Nc1cccc(Nc2ncnc(Nc3ccc(C(=O)N4CCCCC4)cc3)n2)c1. The van der Waals surface area contributed by atoms with Gasteiger partial charge in [-0.15, -0.1) is 0 Å². The van der Waals surface area contributed by atoms with Gasteiger partial charge in [0.15, 0.2) is 0 Å². The minimum absolute atomic E-state index is 0.0689. The van der Waals surface area contributed by atoms with E-state index in [9.17, 15) is 9.59 Å². The number of nitrogens with zero attached hydrogens (tertiary/aromatic N) is 4. The van der Waals surface area contributed by atoms with Gasteiger partial charge in [-0.25, -0.2) is 9.97 Å². The van der Waals surface area contributed by atoms with Gasteiger partial charge < -0.3 is 20.9 Å². The number of amides is 2. The predicted octanol–water partition coefficient (Wildman–Crippen LogP) is 4.11. The number of hydrogen-bond donors (Lipinski definition) is 3. The number of aromatic nitrogens is 3. The first-order chi connectivity index (χ1) is 16.1. The molecule has 2 amide bonds. The molecule has 2 aromatic carbocycles. The first kappa shape index (κ1) is 21.9. The molecule has 3 aromatic rings. The Kier molecular flexibility index (Phi) is 6.89. The van der Waals surface area contributed by atoms with E-state index in [-0.39, 0.29) is 11.8 Å². The number of benzene rings is 2. The number of likely N-dealkylation sites (tertiary alicyclic amines) is 1. The summed E-state index contributed by atoms with van der Waals surface area (Å²) in [6, 6.07) is 14.4. The van der Waals surface area contributed by atoms with Crippen LogP contribution in [-0.4, -0.2) is 44.8 Å². The van der Waals surface area contributed by atoms with Crippen LogP contribution in [0.1, 0.15) is 29.6 Å². The number of piperidine rings is 1. The molecule has 0 radical (unpaired) electrons. The first-order valence-electron chi connectivity index (χ1n) is 10.8. The molecular weight excluding hydrogens is 418 g/mol. The number of carbonyl (C=O) groups is 2. The summed E-state index contributed by atoms with van der Waals surface area (Å²) in [6.45, 7) is 5.09. The molecule has 0 saturated carbocycles. The second kappa shape index (κ2) is 10.4. The number of anilines is 5. The summed E-state index contributed by atoms with van der Waals surface area (Å²) in [6.07, 6.45) is 5.92. The van der Waals surface area contributed by atoms with Crippen molar-refractivity contribution >= 4 is 40.8 Å². The van der Waals surface area contributed by atoms with Crippen molar-refractivity contribution in [2.75, 3.05) is 29.0 Å². The lowest BCUT2D eigenvalue weighted by Gasteiger charge is -2.26. The molecule has 0 bridgehead atoms. The van der Waals surface area contributed by atoms with Crippen LogP contribution in [-0.2, 0) is 4.79 Å². The maximum absolute atomic E-state index is 12.6. The normalized spacial score (nSPS) is 13.2. The van der Waals surface area contributed by atoms with Crippen molar-refractivity contribution in [3.63, 3.8) is 0 Å². The lowest BCUT2D eigenvalue weighted by molar-refractivity contribution is -0.111. The van der Waals surface area contributed by atoms with E-state index in [2.05, 4.69) is 37.5 Å². The highest BCUT2D eigenvalue weighted by Gasteiger charge is 2.17. The monoisotopic (exact) mass is 443 g/mol. The number of nitrogens with one attached hydrogen (secondary N) is 3. The summed E-state index contributed by atoms with van der Waals surface area (Å²) < 4.78 is 0. The molecule has 1 fully saturated rings. The maximum atomic E-state index is 12.6. The van der Waals surface area contributed by atoms with Crippen LogP contribution in [0.5, 0.6) is 0 Å². The summed E-state index contributed by atoms with van der Waals surface area (Å²) in [5.41, 5.74) is 2.76. The molecule has 0 aliphatic carbocycles. The average Bonchev–Trinajstić information content (AvgIpc) is 2.85. The lowest BCUT2D eigenvalue weighted by atomic mass is 10.1. The largest absolute Gasteiger partial charge is 0.339 e. The highest BCUT2D eigenvalue weighted by molar-refractivity contribution is 5.99. The lowest BCUT2D eigenvalue weighted by Crippen LogP contribution is -2.35. The van der Waals surface area contributed by atoms with Crippen molar-refractivity contribution in [3.8, 4) is 0 Å². The second-order valence-electron chi connectivity index (χ2n) is 7.59. The standard InChI is InChI=1S/C24H25N7O2/c1-2-21(32)27-19-7-6-8-20(15-19)29-24-26-16-25-23(30-24)28-18-11-9-17(10-12-18)22(33)31-13-4-3-5-14-31/h2,6-12,15-16H,1,3-5,13-14H2,(H,27,32)(H2,25,26,28,29,30). The molecule has 168 valence electrons. The van der Waals surface area contributed by atoms with Crippen molar-refractivity contribution in [1.29, 1.82) is 0 Å². The molecule has 33 heavy (non-hydrogen) atoms. The van der Waals surface area contributed by atoms with Crippen molar-refractivity contribution in [3.05, 3.63) is 73.1 Å². The van der Waals surface area contributed by atoms with E-state index in [0.29, 0.717) is 28.8 Å². The average molecular weight is 444 g/mol. The van der Waals surface area contributed by atoms with Crippen LogP contribution in [0.4, 0.5) is 29.0 Å². The molecule has 2 heterocycles. The molecule has 0 spiro atoms. The van der Waals surface area contributed by atoms with Crippen LogP contribution in [0.25, 0.3) is 0 Å². The molecule has 1 aliphatic heterocycles. The highest BCUT2D eigenvalue weighted by atomic mass is 16.2. The fourth-order valence-corrected chi connectivity index (χ4v) is 3.52. The Morgan fingerprint density at radius 1 is 0.879 bits per heavy atom. The van der Waals surface area contributed by atoms with Crippen LogP contribution in [0, 0.1) is 0 Å². The van der Waals surface area contributed by atoms with Crippen LogP contribution in [0.2, 0.25) is 0 Å². The van der Waals surface area contributed by atoms with E-state index in [1.807, 2.05) is 35.2 Å². The van der Waals surface area contributed by atoms with Gasteiger partial charge in [-0.3, -0.25) is 9.59 Å². The Morgan fingerprint density at radius 3 is 2.24 bits per heavy atom. The van der Waals surface area contributed by atoms with Gasteiger partial charge in [0.25, 0.3) is 5.91 Å². The Morgan fingerprint density at radius 2 is 1.55 bits per heavy atom. The summed E-state index contributed by atoms with van der Waals surface area (Å²) in [4.78, 5) is 38.7. The zero-order chi connectivity index (χ0) is 23.0. The van der Waals surface area contributed by atoms with Crippen LogP contribution >= 0.6 is 0 Å². The molecular formula is C24H25N7O2. The first-order valence-corrected chi connectivity index (χ1v) is 10.8. The Balaban J connectivity index is 1.40. The summed E-state index contributed by atoms with van der Waals surface area (Å²) in [5.74, 6) is 0.483. The zero-order valence-corrected chi connectivity index (χ0v) is 18.1. The third-order valence-electron chi connectivity index (χ3n) is 5.17. The van der Waals surface area contributed by atoms with Crippen molar-refractivity contribution in [1.82, 2.24) is 19.9 Å². The van der Waals surface area contributed by atoms with Crippen molar-refractivity contribution in [2.45, 2.75) is 19.3 Å². The molecule has 1 saturated heterocycles. The van der Waals surface area contributed by atoms with Crippen LogP contribution in [0.15, 0.2) is 67.5 Å². The molecule has 9 heteroatoms. The number of rotatable bonds is 7. The molecule has 3 N–H and O–H groups in total. The molecule has 0 unspecified atom stereocenters. The van der Waals surface area contributed by atoms with Gasteiger partial charge in [-0.1, -0.05) is 12.6 Å². The van der Waals surface area contributed by atoms with E-state index in [1.54, 1.807) is 18.2 Å². The van der Waals surface area contributed by atoms with Gasteiger partial charge in [-0.05, 0) is 67.8 Å². The smallest absolute Gasteiger partial charge is 0.253 e. The van der Waals surface area contributed by atoms with Gasteiger partial charge in [0.05, 0.1) is 0 Å².